The molecule has 0 saturated carbocycles. The molecule has 3 aromatic rings. The van der Waals surface area contributed by atoms with Gasteiger partial charge in [-0.25, -0.2) is 9.87 Å². The van der Waals surface area contributed by atoms with Crippen LogP contribution in [0, 0.1) is 33.5 Å². The second kappa shape index (κ2) is 8.81. The molecule has 0 radical (unpaired) electrons. The number of hydrogen-bond acceptors (Lipinski definition) is 6. The maximum atomic E-state index is 14.5. The summed E-state index contributed by atoms with van der Waals surface area (Å²) in [5.74, 6) is 0.307. The van der Waals surface area contributed by atoms with Crippen LogP contribution in [0.25, 0.3) is 0 Å². The van der Waals surface area contributed by atoms with Crippen molar-refractivity contribution in [1.82, 2.24) is 15.7 Å². The smallest absolute Gasteiger partial charge is 0.250 e. The lowest BCUT2D eigenvalue weighted by molar-refractivity contribution is 0.0623. The van der Waals surface area contributed by atoms with E-state index in [9.17, 15) is 4.39 Å². The fourth-order valence-electron chi connectivity index (χ4n) is 3.48. The van der Waals surface area contributed by atoms with Gasteiger partial charge >= 0.3 is 0 Å². The molecule has 31 heavy (non-hydrogen) atoms. The molecule has 1 unspecified atom stereocenters. The molecular formula is C24H25FN4O2. The topological polar surface area (TPSA) is 68.6 Å². The van der Waals surface area contributed by atoms with E-state index in [1.165, 1.54) is 16.7 Å². The van der Waals surface area contributed by atoms with E-state index in [1.807, 2.05) is 6.92 Å². The summed E-state index contributed by atoms with van der Waals surface area (Å²) in [4.78, 5) is 10.5. The molecule has 1 N–H and O–H groups in total. The largest absolute Gasteiger partial charge is 0.434 e. The van der Waals surface area contributed by atoms with E-state index < -0.39 is 5.82 Å². The van der Waals surface area contributed by atoms with Crippen LogP contribution < -0.4 is 10.2 Å². The Balaban J connectivity index is 1.65. The van der Waals surface area contributed by atoms with Crippen molar-refractivity contribution in [2.75, 3.05) is 6.61 Å². The first kappa shape index (κ1) is 20.9. The van der Waals surface area contributed by atoms with E-state index in [2.05, 4.69) is 47.7 Å². The molecule has 1 atom stereocenters. The molecule has 0 amide bonds. The second-order valence-electron chi connectivity index (χ2n) is 7.87. The summed E-state index contributed by atoms with van der Waals surface area (Å²) in [7, 11) is 0. The summed E-state index contributed by atoms with van der Waals surface area (Å²) in [5.41, 5.74) is 8.28. The fourth-order valence-corrected chi connectivity index (χ4v) is 3.48. The molecule has 1 aliphatic heterocycles. The number of hydroxylamine groups is 1. The number of nitrogens with one attached hydrogen (secondary N) is 1. The van der Waals surface area contributed by atoms with Crippen molar-refractivity contribution >= 4 is 5.84 Å². The Kier molecular flexibility index (Phi) is 5.95. The monoisotopic (exact) mass is 420 g/mol. The van der Waals surface area contributed by atoms with Crippen LogP contribution in [0.15, 0.2) is 47.5 Å². The predicted molar refractivity (Wildman–Crippen MR) is 117 cm³/mol. The van der Waals surface area contributed by atoms with E-state index >= 15 is 0 Å². The summed E-state index contributed by atoms with van der Waals surface area (Å²) in [6.45, 7) is 8.13. The number of aryl methyl sites for hydroxylation is 4. The Hall–Kier alpha value is -3.32. The molecule has 2 heterocycles. The molecular weight excluding hydrogens is 395 g/mol. The van der Waals surface area contributed by atoms with Gasteiger partial charge in [0.15, 0.2) is 17.4 Å². The van der Waals surface area contributed by atoms with Crippen molar-refractivity contribution in [3.8, 4) is 11.6 Å². The SMILES string of the molecule is Cc1ccc(C)c(CC2CONC(c3cc(C)nnc3Oc3cccc(C)c3F)=N2)c1. The van der Waals surface area contributed by atoms with Gasteiger partial charge in [0, 0.05) is 0 Å². The molecule has 1 aromatic heterocycles. The van der Waals surface area contributed by atoms with Gasteiger partial charge in [-0.05, 0) is 62.9 Å². The normalized spacial score (nSPS) is 15.9. The van der Waals surface area contributed by atoms with Gasteiger partial charge in [-0.3, -0.25) is 9.83 Å². The van der Waals surface area contributed by atoms with Crippen LogP contribution in [-0.2, 0) is 11.3 Å². The van der Waals surface area contributed by atoms with Gasteiger partial charge in [-0.1, -0.05) is 35.9 Å². The molecule has 0 saturated heterocycles. The number of halogens is 1. The third kappa shape index (κ3) is 4.72. The zero-order chi connectivity index (χ0) is 22.0. The minimum atomic E-state index is -0.432. The fraction of sp³-hybridized carbons (Fsp3) is 0.292. The molecule has 160 valence electrons. The van der Waals surface area contributed by atoms with Crippen molar-refractivity contribution in [2.45, 2.75) is 40.2 Å². The van der Waals surface area contributed by atoms with Crippen LogP contribution >= 0.6 is 0 Å². The highest BCUT2D eigenvalue weighted by Crippen LogP contribution is 2.28. The highest BCUT2D eigenvalue weighted by atomic mass is 19.1. The van der Waals surface area contributed by atoms with Gasteiger partial charge in [0.05, 0.1) is 23.9 Å². The zero-order valence-electron chi connectivity index (χ0n) is 18.1. The number of amidine groups is 1. The van der Waals surface area contributed by atoms with Gasteiger partial charge in [-0.2, -0.15) is 5.10 Å². The summed E-state index contributed by atoms with van der Waals surface area (Å²) >= 11 is 0. The lowest BCUT2D eigenvalue weighted by Gasteiger charge is -2.23. The Labute approximate surface area is 181 Å². The summed E-state index contributed by atoms with van der Waals surface area (Å²) in [5, 5.41) is 8.21. The Bertz CT molecular complexity index is 1150. The van der Waals surface area contributed by atoms with Gasteiger partial charge in [0.25, 0.3) is 0 Å². The van der Waals surface area contributed by atoms with Crippen LogP contribution in [0.2, 0.25) is 0 Å². The Morgan fingerprint density at radius 2 is 1.90 bits per heavy atom. The standard InChI is InChI=1S/C24H25FN4O2/c1-14-8-9-15(2)18(10-14)12-19-13-30-29-23(26-19)20-11-17(4)27-28-24(20)31-21-7-5-6-16(3)22(21)25/h5-11,19H,12-13H2,1-4H3,(H,26,29). The molecule has 4 rings (SSSR count). The molecule has 6 nitrogen and oxygen atoms in total. The first-order valence-corrected chi connectivity index (χ1v) is 10.2. The average molecular weight is 420 g/mol. The molecule has 0 spiro atoms. The number of ether oxygens (including phenoxy) is 1. The zero-order valence-corrected chi connectivity index (χ0v) is 18.1. The summed E-state index contributed by atoms with van der Waals surface area (Å²) < 4.78 is 20.3. The lowest BCUT2D eigenvalue weighted by atomic mass is 9.99. The maximum Gasteiger partial charge on any atom is 0.250 e. The van der Waals surface area contributed by atoms with Crippen LogP contribution in [0.3, 0.4) is 0 Å². The van der Waals surface area contributed by atoms with E-state index in [0.717, 1.165) is 6.42 Å². The van der Waals surface area contributed by atoms with Gasteiger partial charge < -0.3 is 4.74 Å². The number of rotatable bonds is 5. The van der Waals surface area contributed by atoms with Crippen molar-refractivity contribution < 1.29 is 14.0 Å². The van der Waals surface area contributed by atoms with E-state index in [1.54, 1.807) is 31.2 Å². The molecule has 2 aromatic carbocycles. The summed E-state index contributed by atoms with van der Waals surface area (Å²) in [6, 6.07) is 13.1. The minimum absolute atomic E-state index is 0.0752. The van der Waals surface area contributed by atoms with Crippen LogP contribution in [0.4, 0.5) is 4.39 Å². The first-order chi connectivity index (χ1) is 14.9. The number of hydrogen-bond donors (Lipinski definition) is 1. The number of benzene rings is 2. The first-order valence-electron chi connectivity index (χ1n) is 10.2. The van der Waals surface area contributed by atoms with Crippen LogP contribution in [0.1, 0.15) is 33.5 Å². The Morgan fingerprint density at radius 1 is 1.06 bits per heavy atom. The quantitative estimate of drug-likeness (QED) is 0.657. The van der Waals surface area contributed by atoms with Gasteiger partial charge in [-0.15, -0.1) is 5.10 Å². The predicted octanol–water partition coefficient (Wildman–Crippen LogP) is 4.53. The third-order valence-corrected chi connectivity index (χ3v) is 5.22. The van der Waals surface area contributed by atoms with Gasteiger partial charge in [0.1, 0.15) is 0 Å². The van der Waals surface area contributed by atoms with Crippen molar-refractivity contribution in [2.24, 2.45) is 4.99 Å². The minimum Gasteiger partial charge on any atom is -0.434 e. The highest BCUT2D eigenvalue weighted by Gasteiger charge is 2.23. The van der Waals surface area contributed by atoms with E-state index in [-0.39, 0.29) is 17.7 Å². The van der Waals surface area contributed by atoms with Gasteiger partial charge in [0.2, 0.25) is 5.88 Å². The van der Waals surface area contributed by atoms with Crippen LogP contribution in [-0.4, -0.2) is 28.7 Å². The van der Waals surface area contributed by atoms with Crippen molar-refractivity contribution in [1.29, 1.82) is 0 Å². The van der Waals surface area contributed by atoms with E-state index in [4.69, 9.17) is 14.6 Å². The van der Waals surface area contributed by atoms with E-state index in [0.29, 0.717) is 29.3 Å². The van der Waals surface area contributed by atoms with Crippen LogP contribution in [0.5, 0.6) is 11.6 Å². The highest BCUT2D eigenvalue weighted by molar-refractivity contribution is 6.00. The Morgan fingerprint density at radius 3 is 2.74 bits per heavy atom. The average Bonchev–Trinajstić information content (AvgIpc) is 2.75. The van der Waals surface area contributed by atoms with Crippen molar-refractivity contribution in [3.63, 3.8) is 0 Å². The third-order valence-electron chi connectivity index (χ3n) is 5.22. The molecule has 1 aliphatic rings. The summed E-state index contributed by atoms with van der Waals surface area (Å²) in [6.07, 6.45) is 0.749. The number of nitrogens with zero attached hydrogens (tertiary/aromatic N) is 3. The second-order valence-corrected chi connectivity index (χ2v) is 7.87. The number of aliphatic imine (C=N–C) groups is 1. The lowest BCUT2D eigenvalue weighted by Crippen LogP contribution is -2.37. The molecule has 7 heteroatoms. The molecule has 0 fully saturated rings. The molecule has 0 bridgehead atoms. The van der Waals surface area contributed by atoms with Crippen molar-refractivity contribution in [3.05, 3.63) is 81.8 Å². The number of aromatic nitrogens is 2. The maximum absolute atomic E-state index is 14.5. The molecule has 0 aliphatic carbocycles.